The zero-order valence-electron chi connectivity index (χ0n) is 10.1. The van der Waals surface area contributed by atoms with Gasteiger partial charge >= 0.3 is 0 Å². The van der Waals surface area contributed by atoms with Crippen LogP contribution in [0.2, 0.25) is 0 Å². The molecule has 1 aromatic carbocycles. The fourth-order valence-electron chi connectivity index (χ4n) is 1.58. The summed E-state index contributed by atoms with van der Waals surface area (Å²) in [5.74, 6) is 6.69. The number of nitrogens with two attached hydrogens (primary N) is 1. The molecule has 2 rings (SSSR count). The largest absolute Gasteiger partial charge is 0.497 e. The summed E-state index contributed by atoms with van der Waals surface area (Å²) in [5, 5.41) is 4.08. The lowest BCUT2D eigenvalue weighted by Gasteiger charge is -2.07. The van der Waals surface area contributed by atoms with Gasteiger partial charge in [-0.05, 0) is 23.8 Å². The van der Waals surface area contributed by atoms with Crippen molar-refractivity contribution in [3.8, 4) is 17.6 Å². The Labute approximate surface area is 106 Å². The van der Waals surface area contributed by atoms with Crippen molar-refractivity contribution < 1.29 is 4.74 Å². The molecule has 0 radical (unpaired) electrons. The Morgan fingerprint density at radius 2 is 2.33 bits per heavy atom. The van der Waals surface area contributed by atoms with Crippen LogP contribution in [0.25, 0.3) is 0 Å². The van der Waals surface area contributed by atoms with Crippen molar-refractivity contribution in [3.05, 3.63) is 42.0 Å². The number of benzene rings is 1. The molecule has 0 spiro atoms. The van der Waals surface area contributed by atoms with Gasteiger partial charge in [0.1, 0.15) is 18.4 Å². The molecule has 2 aromatic rings. The third-order valence-corrected chi connectivity index (χ3v) is 2.44. The Morgan fingerprint density at radius 3 is 3.00 bits per heavy atom. The maximum absolute atomic E-state index is 5.39. The average Bonchev–Trinajstić information content (AvgIpc) is 2.90. The van der Waals surface area contributed by atoms with Gasteiger partial charge < -0.3 is 10.5 Å². The quantitative estimate of drug-likeness (QED) is 0.802. The third kappa shape index (κ3) is 2.87. The molecule has 5 heteroatoms. The molecule has 0 aliphatic carbocycles. The van der Waals surface area contributed by atoms with Gasteiger partial charge in [-0.15, -0.1) is 0 Å². The third-order valence-electron chi connectivity index (χ3n) is 2.44. The van der Waals surface area contributed by atoms with E-state index < -0.39 is 0 Å². The van der Waals surface area contributed by atoms with E-state index in [0.29, 0.717) is 13.1 Å². The summed E-state index contributed by atoms with van der Waals surface area (Å²) >= 11 is 0. The van der Waals surface area contributed by atoms with Crippen molar-refractivity contribution in [1.29, 1.82) is 0 Å². The first-order valence-corrected chi connectivity index (χ1v) is 5.51. The minimum atomic E-state index is 0.342. The fourth-order valence-corrected chi connectivity index (χ4v) is 1.58. The van der Waals surface area contributed by atoms with Crippen LogP contribution in [-0.2, 0) is 6.54 Å². The van der Waals surface area contributed by atoms with Crippen LogP contribution in [-0.4, -0.2) is 28.4 Å². The highest BCUT2D eigenvalue weighted by Crippen LogP contribution is 2.17. The van der Waals surface area contributed by atoms with Crippen molar-refractivity contribution in [3.63, 3.8) is 0 Å². The van der Waals surface area contributed by atoms with E-state index in [2.05, 4.69) is 21.9 Å². The minimum absolute atomic E-state index is 0.342. The van der Waals surface area contributed by atoms with Gasteiger partial charge in [0.05, 0.1) is 20.2 Å². The van der Waals surface area contributed by atoms with E-state index in [0.717, 1.165) is 16.9 Å². The van der Waals surface area contributed by atoms with Gasteiger partial charge in [0.15, 0.2) is 0 Å². The SMILES string of the molecule is COc1ccc(C#CCN)c(Cn2cncn2)c1. The molecule has 0 saturated heterocycles. The molecule has 92 valence electrons. The van der Waals surface area contributed by atoms with Gasteiger partial charge in [0.2, 0.25) is 0 Å². The Hall–Kier alpha value is -2.32. The second kappa shape index (κ2) is 5.84. The molecule has 0 unspecified atom stereocenters. The van der Waals surface area contributed by atoms with E-state index in [-0.39, 0.29) is 0 Å². The average molecular weight is 242 g/mol. The number of rotatable bonds is 3. The van der Waals surface area contributed by atoms with Crippen LogP contribution in [0, 0.1) is 11.8 Å². The molecule has 5 nitrogen and oxygen atoms in total. The number of hydrogen-bond acceptors (Lipinski definition) is 4. The molecule has 1 heterocycles. The molecule has 0 aliphatic heterocycles. The first kappa shape index (κ1) is 12.1. The van der Waals surface area contributed by atoms with Gasteiger partial charge in [-0.1, -0.05) is 11.8 Å². The van der Waals surface area contributed by atoms with Crippen molar-refractivity contribution in [2.45, 2.75) is 6.54 Å². The van der Waals surface area contributed by atoms with E-state index in [9.17, 15) is 0 Å². The van der Waals surface area contributed by atoms with Gasteiger partial charge in [-0.3, -0.25) is 0 Å². The molecule has 0 amide bonds. The lowest BCUT2D eigenvalue weighted by molar-refractivity contribution is 0.414. The number of hydrogen-bond donors (Lipinski definition) is 1. The molecule has 2 N–H and O–H groups in total. The van der Waals surface area contributed by atoms with Gasteiger partial charge in [-0.25, -0.2) is 9.67 Å². The second-order valence-corrected chi connectivity index (χ2v) is 3.62. The summed E-state index contributed by atoms with van der Waals surface area (Å²) in [6, 6.07) is 5.75. The first-order chi connectivity index (χ1) is 8.83. The lowest BCUT2D eigenvalue weighted by Crippen LogP contribution is -2.03. The lowest BCUT2D eigenvalue weighted by atomic mass is 10.1. The number of ether oxygens (including phenoxy) is 1. The van der Waals surface area contributed by atoms with Crippen LogP contribution in [0.15, 0.2) is 30.9 Å². The zero-order valence-corrected chi connectivity index (χ0v) is 10.1. The molecule has 0 saturated carbocycles. The maximum Gasteiger partial charge on any atom is 0.137 e. The Bertz CT molecular complexity index is 566. The van der Waals surface area contributed by atoms with Crippen molar-refractivity contribution >= 4 is 0 Å². The summed E-state index contributed by atoms with van der Waals surface area (Å²) in [5.41, 5.74) is 7.35. The van der Waals surface area contributed by atoms with Crippen molar-refractivity contribution in [2.75, 3.05) is 13.7 Å². The second-order valence-electron chi connectivity index (χ2n) is 3.62. The smallest absolute Gasteiger partial charge is 0.137 e. The van der Waals surface area contributed by atoms with E-state index in [1.165, 1.54) is 6.33 Å². The van der Waals surface area contributed by atoms with Gasteiger partial charge in [0, 0.05) is 5.56 Å². The summed E-state index contributed by atoms with van der Waals surface area (Å²) in [6.45, 7) is 0.945. The Kier molecular flexibility index (Phi) is 3.94. The number of nitrogens with zero attached hydrogens (tertiary/aromatic N) is 3. The molecule has 1 aromatic heterocycles. The van der Waals surface area contributed by atoms with Gasteiger partial charge in [0.25, 0.3) is 0 Å². The highest BCUT2D eigenvalue weighted by Gasteiger charge is 2.04. The Morgan fingerprint density at radius 1 is 1.44 bits per heavy atom. The van der Waals surface area contributed by atoms with Crippen LogP contribution in [0.3, 0.4) is 0 Å². The topological polar surface area (TPSA) is 66.0 Å². The van der Waals surface area contributed by atoms with Crippen LogP contribution in [0.5, 0.6) is 5.75 Å². The van der Waals surface area contributed by atoms with Crippen LogP contribution in [0.1, 0.15) is 11.1 Å². The predicted molar refractivity (Wildman–Crippen MR) is 68.1 cm³/mol. The molecular weight excluding hydrogens is 228 g/mol. The zero-order chi connectivity index (χ0) is 12.8. The predicted octanol–water partition coefficient (Wildman–Crippen LogP) is 0.645. The van der Waals surface area contributed by atoms with E-state index in [1.807, 2.05) is 18.2 Å². The summed E-state index contributed by atoms with van der Waals surface area (Å²) < 4.78 is 6.95. The molecule has 0 bridgehead atoms. The normalized spacial score (nSPS) is 9.67. The standard InChI is InChI=1S/C13H14N4O/c1-18-13-5-4-11(3-2-6-14)12(7-13)8-17-10-15-9-16-17/h4-5,7,9-10H,6,8,14H2,1H3. The molecule has 0 aliphatic rings. The highest BCUT2D eigenvalue weighted by molar-refractivity contribution is 5.45. The molecule has 0 fully saturated rings. The number of aromatic nitrogens is 3. The summed E-state index contributed by atoms with van der Waals surface area (Å²) in [6.07, 6.45) is 3.17. The number of methoxy groups -OCH3 is 1. The van der Waals surface area contributed by atoms with Crippen molar-refractivity contribution in [2.24, 2.45) is 5.73 Å². The fraction of sp³-hybridized carbons (Fsp3) is 0.231. The minimum Gasteiger partial charge on any atom is -0.497 e. The van der Waals surface area contributed by atoms with Crippen LogP contribution >= 0.6 is 0 Å². The van der Waals surface area contributed by atoms with E-state index >= 15 is 0 Å². The van der Waals surface area contributed by atoms with Gasteiger partial charge in [-0.2, -0.15) is 5.10 Å². The highest BCUT2D eigenvalue weighted by atomic mass is 16.5. The maximum atomic E-state index is 5.39. The summed E-state index contributed by atoms with van der Waals surface area (Å²) in [4.78, 5) is 3.92. The monoisotopic (exact) mass is 242 g/mol. The molecule has 0 atom stereocenters. The summed E-state index contributed by atoms with van der Waals surface area (Å²) in [7, 11) is 1.64. The Balaban J connectivity index is 2.34. The van der Waals surface area contributed by atoms with Crippen LogP contribution < -0.4 is 10.5 Å². The molecule has 18 heavy (non-hydrogen) atoms. The van der Waals surface area contributed by atoms with Crippen LogP contribution in [0.4, 0.5) is 0 Å². The van der Waals surface area contributed by atoms with Crippen molar-refractivity contribution in [1.82, 2.24) is 14.8 Å². The molecular formula is C13H14N4O. The first-order valence-electron chi connectivity index (χ1n) is 5.51. The van der Waals surface area contributed by atoms with E-state index in [4.69, 9.17) is 10.5 Å². The van der Waals surface area contributed by atoms with E-state index in [1.54, 1.807) is 18.1 Å².